The molecule has 1 aliphatic heterocycles. The highest BCUT2D eigenvalue weighted by molar-refractivity contribution is 7.86. The smallest absolute Gasteiger partial charge is 0.264 e. The lowest BCUT2D eigenvalue weighted by Crippen LogP contribution is -2.48. The molecule has 0 spiro atoms. The van der Waals surface area contributed by atoms with Crippen LogP contribution in [0.5, 0.6) is 0 Å². The van der Waals surface area contributed by atoms with Crippen LogP contribution in [0.25, 0.3) is 0 Å². The molecule has 3 rings (SSSR count). The Morgan fingerprint density at radius 2 is 2.19 bits per heavy atom. The van der Waals surface area contributed by atoms with E-state index in [-0.39, 0.29) is 6.04 Å². The summed E-state index contributed by atoms with van der Waals surface area (Å²) >= 11 is 0. The maximum absolute atomic E-state index is 12.9. The van der Waals surface area contributed by atoms with Gasteiger partial charge in [0.1, 0.15) is 0 Å². The van der Waals surface area contributed by atoms with Gasteiger partial charge in [0.15, 0.2) is 0 Å². The predicted molar refractivity (Wildman–Crippen MR) is 81.7 cm³/mol. The summed E-state index contributed by atoms with van der Waals surface area (Å²) in [4.78, 5) is 4.09. The Morgan fingerprint density at radius 3 is 2.81 bits per heavy atom. The van der Waals surface area contributed by atoms with Crippen molar-refractivity contribution in [3.63, 3.8) is 0 Å². The van der Waals surface area contributed by atoms with E-state index in [2.05, 4.69) is 11.9 Å². The zero-order chi connectivity index (χ0) is 14.9. The molecule has 1 aromatic rings. The summed E-state index contributed by atoms with van der Waals surface area (Å²) < 4.78 is 29.3. The second-order valence-electron chi connectivity index (χ2n) is 6.25. The molecule has 116 valence electrons. The molecule has 0 radical (unpaired) electrons. The van der Waals surface area contributed by atoms with Crippen LogP contribution in [0.1, 0.15) is 38.2 Å². The zero-order valence-electron chi connectivity index (χ0n) is 12.5. The second kappa shape index (κ2) is 6.02. The van der Waals surface area contributed by atoms with Gasteiger partial charge in [-0.15, -0.1) is 0 Å². The average Bonchev–Trinajstić information content (AvgIpc) is 3.30. The molecule has 0 N–H and O–H groups in total. The number of rotatable bonds is 5. The van der Waals surface area contributed by atoms with Crippen LogP contribution < -0.4 is 0 Å². The Hall–Kier alpha value is -0.980. The number of hydrogen-bond acceptors (Lipinski definition) is 3. The molecule has 0 bridgehead atoms. The first-order valence-electron chi connectivity index (χ1n) is 7.73. The van der Waals surface area contributed by atoms with Gasteiger partial charge in [-0.25, -0.2) is 0 Å². The van der Waals surface area contributed by atoms with Gasteiger partial charge in [0.05, 0.1) is 0 Å². The van der Waals surface area contributed by atoms with Crippen molar-refractivity contribution in [2.24, 2.45) is 5.92 Å². The van der Waals surface area contributed by atoms with E-state index in [4.69, 9.17) is 0 Å². The van der Waals surface area contributed by atoms with Crippen molar-refractivity contribution in [1.29, 1.82) is 0 Å². The van der Waals surface area contributed by atoms with Crippen LogP contribution in [0.3, 0.4) is 0 Å². The van der Waals surface area contributed by atoms with E-state index in [0.29, 0.717) is 25.6 Å². The Kier molecular flexibility index (Phi) is 4.28. The highest BCUT2D eigenvalue weighted by atomic mass is 32.2. The molecule has 1 atom stereocenters. The number of piperidine rings is 1. The summed E-state index contributed by atoms with van der Waals surface area (Å²) in [6, 6.07) is 3.97. The van der Waals surface area contributed by atoms with Crippen LogP contribution >= 0.6 is 0 Å². The highest BCUT2D eigenvalue weighted by Gasteiger charge is 2.41. The second-order valence-corrected chi connectivity index (χ2v) is 8.13. The zero-order valence-corrected chi connectivity index (χ0v) is 13.3. The van der Waals surface area contributed by atoms with E-state index in [1.54, 1.807) is 21.0 Å². The third-order valence-corrected chi connectivity index (χ3v) is 6.26. The normalized spacial score (nSPS) is 24.4. The quantitative estimate of drug-likeness (QED) is 0.836. The molecule has 1 aliphatic carbocycles. The van der Waals surface area contributed by atoms with E-state index >= 15 is 0 Å². The Bertz CT molecular complexity index is 572. The number of nitrogens with zero attached hydrogens (tertiary/aromatic N) is 3. The molecule has 0 unspecified atom stereocenters. The Labute approximate surface area is 127 Å². The van der Waals surface area contributed by atoms with Crippen LogP contribution in [-0.2, 0) is 16.8 Å². The first-order valence-corrected chi connectivity index (χ1v) is 9.13. The first kappa shape index (κ1) is 14.9. The monoisotopic (exact) mass is 309 g/mol. The minimum Gasteiger partial charge on any atom is -0.264 e. The Morgan fingerprint density at radius 1 is 1.38 bits per heavy atom. The summed E-state index contributed by atoms with van der Waals surface area (Å²) in [7, 11) is -3.35. The van der Waals surface area contributed by atoms with E-state index in [0.717, 1.165) is 31.2 Å². The molecule has 2 heterocycles. The lowest BCUT2D eigenvalue weighted by atomic mass is 10.0. The maximum Gasteiger partial charge on any atom is 0.282 e. The minimum atomic E-state index is -3.35. The summed E-state index contributed by atoms with van der Waals surface area (Å²) in [5.41, 5.74) is 0.957. The molecule has 2 fully saturated rings. The van der Waals surface area contributed by atoms with Gasteiger partial charge in [0.25, 0.3) is 10.2 Å². The number of aromatic nitrogens is 1. The van der Waals surface area contributed by atoms with Gasteiger partial charge in [0, 0.05) is 38.1 Å². The van der Waals surface area contributed by atoms with Crippen LogP contribution in [0.2, 0.25) is 0 Å². The van der Waals surface area contributed by atoms with Crippen molar-refractivity contribution in [3.05, 3.63) is 30.1 Å². The lowest BCUT2D eigenvalue weighted by Gasteiger charge is -2.34. The molecular formula is C15H23N3O2S. The molecule has 0 amide bonds. The van der Waals surface area contributed by atoms with Crippen molar-refractivity contribution >= 4 is 10.2 Å². The first-order chi connectivity index (χ1) is 10.1. The molecule has 6 heteroatoms. The molecule has 2 aliphatic rings. The molecule has 1 saturated carbocycles. The molecule has 5 nitrogen and oxygen atoms in total. The molecule has 0 aromatic carbocycles. The van der Waals surface area contributed by atoms with E-state index < -0.39 is 10.2 Å². The van der Waals surface area contributed by atoms with Gasteiger partial charge in [-0.3, -0.25) is 4.98 Å². The summed E-state index contributed by atoms with van der Waals surface area (Å²) in [5, 5.41) is 0. The van der Waals surface area contributed by atoms with Gasteiger partial charge >= 0.3 is 0 Å². The van der Waals surface area contributed by atoms with E-state index in [1.165, 1.54) is 0 Å². The van der Waals surface area contributed by atoms with Crippen molar-refractivity contribution in [1.82, 2.24) is 13.6 Å². The predicted octanol–water partition coefficient (Wildman–Crippen LogP) is 2.02. The van der Waals surface area contributed by atoms with E-state index in [9.17, 15) is 8.42 Å². The number of hydrogen-bond donors (Lipinski definition) is 0. The van der Waals surface area contributed by atoms with Gasteiger partial charge in [-0.1, -0.05) is 13.0 Å². The molecular weight excluding hydrogens is 286 g/mol. The highest BCUT2D eigenvalue weighted by Crippen LogP contribution is 2.33. The Balaban J connectivity index is 1.79. The summed E-state index contributed by atoms with van der Waals surface area (Å²) in [6.07, 6.45) is 7.51. The maximum atomic E-state index is 12.9. The SMILES string of the molecule is C[C@H]1CCCN(S(=O)(=O)N(Cc2cccnc2)C2CC2)C1. The molecule has 21 heavy (non-hydrogen) atoms. The van der Waals surface area contributed by atoms with Crippen LogP contribution in [0, 0.1) is 5.92 Å². The fourth-order valence-electron chi connectivity index (χ4n) is 2.94. The topological polar surface area (TPSA) is 53.5 Å². The fourth-order valence-corrected chi connectivity index (χ4v) is 4.94. The van der Waals surface area contributed by atoms with Gasteiger partial charge in [-0.2, -0.15) is 17.0 Å². The number of pyridine rings is 1. The third kappa shape index (κ3) is 3.44. The fraction of sp³-hybridized carbons (Fsp3) is 0.667. The minimum absolute atomic E-state index is 0.174. The standard InChI is InChI=1S/C15H23N3O2S/c1-13-4-3-9-17(11-13)21(19,20)18(15-6-7-15)12-14-5-2-8-16-10-14/h2,5,8,10,13,15H,3-4,6-7,9,11-12H2,1H3/t13-/m0/s1. The third-order valence-electron chi connectivity index (χ3n) is 4.26. The van der Waals surface area contributed by atoms with Crippen molar-refractivity contribution in [2.75, 3.05) is 13.1 Å². The molecule has 1 saturated heterocycles. The van der Waals surface area contributed by atoms with Crippen molar-refractivity contribution in [3.8, 4) is 0 Å². The summed E-state index contributed by atoms with van der Waals surface area (Å²) in [5.74, 6) is 0.452. The van der Waals surface area contributed by atoms with Crippen LogP contribution in [-0.4, -0.2) is 41.1 Å². The van der Waals surface area contributed by atoms with Gasteiger partial charge in [0.2, 0.25) is 0 Å². The average molecular weight is 309 g/mol. The van der Waals surface area contributed by atoms with E-state index in [1.807, 2.05) is 12.1 Å². The lowest BCUT2D eigenvalue weighted by molar-refractivity contribution is 0.253. The van der Waals surface area contributed by atoms with Crippen LogP contribution in [0.4, 0.5) is 0 Å². The van der Waals surface area contributed by atoms with Gasteiger partial charge < -0.3 is 0 Å². The van der Waals surface area contributed by atoms with Gasteiger partial charge in [-0.05, 0) is 43.2 Å². The van der Waals surface area contributed by atoms with Crippen molar-refractivity contribution in [2.45, 2.75) is 45.2 Å². The van der Waals surface area contributed by atoms with Crippen LogP contribution in [0.15, 0.2) is 24.5 Å². The molecule has 1 aromatic heterocycles. The summed E-state index contributed by atoms with van der Waals surface area (Å²) in [6.45, 7) is 3.87. The largest absolute Gasteiger partial charge is 0.282 e. The van der Waals surface area contributed by atoms with Crippen molar-refractivity contribution < 1.29 is 8.42 Å².